The first-order chi connectivity index (χ1) is 16.9. The Morgan fingerprint density at radius 3 is 2.11 bits per heavy atom. The van der Waals surface area contributed by atoms with E-state index in [-0.39, 0.29) is 42.9 Å². The van der Waals surface area contributed by atoms with Crippen LogP contribution < -0.4 is 5.32 Å². The molecule has 2 unspecified atom stereocenters. The Balaban J connectivity index is 1.24. The molecule has 0 saturated heterocycles. The van der Waals surface area contributed by atoms with Gasteiger partial charge in [-0.25, -0.2) is 9.59 Å². The number of rotatable bonds is 9. The first-order valence-corrected chi connectivity index (χ1v) is 12.6. The molecule has 7 nitrogen and oxygen atoms in total. The normalized spacial score (nSPS) is 18.5. The highest BCUT2D eigenvalue weighted by Gasteiger charge is 2.40. The lowest BCUT2D eigenvalue weighted by Gasteiger charge is -2.35. The van der Waals surface area contributed by atoms with Crippen LogP contribution in [-0.2, 0) is 14.3 Å². The van der Waals surface area contributed by atoms with E-state index in [9.17, 15) is 19.5 Å². The molecule has 0 aliphatic heterocycles. The number of nitrogens with one attached hydrogen (secondary N) is 1. The maximum atomic E-state index is 13.1. The number of hydrogen-bond acceptors (Lipinski definition) is 4. The zero-order valence-corrected chi connectivity index (χ0v) is 20.0. The summed E-state index contributed by atoms with van der Waals surface area (Å²) in [5.74, 6) is -1.03. The second-order valence-corrected chi connectivity index (χ2v) is 10.0. The van der Waals surface area contributed by atoms with Crippen LogP contribution in [0.5, 0.6) is 0 Å². The van der Waals surface area contributed by atoms with Crippen molar-refractivity contribution in [2.24, 2.45) is 5.92 Å². The molecule has 3 aliphatic carbocycles. The molecule has 2 amide bonds. The standard InChI is InChI=1S/C28H32N2O5/c1-17(27(32)33)30(19-13-14-19)26(31)15-25(18-7-6-8-18)29-28(34)35-16-24-22-11-4-2-9-20(22)21-10-3-5-12-23(21)24/h2-5,9-12,17-19,24-25H,6-8,13-16H2,1H3,(H,29,34)(H,32,33). The van der Waals surface area contributed by atoms with Gasteiger partial charge in [0.25, 0.3) is 0 Å². The molecule has 2 aromatic carbocycles. The van der Waals surface area contributed by atoms with Crippen LogP contribution in [0.1, 0.15) is 62.5 Å². The SMILES string of the molecule is CC(C(=O)O)N(C(=O)CC(NC(=O)OCC1c2ccccc2-c2ccccc21)C1CCC1)C1CC1. The first-order valence-electron chi connectivity index (χ1n) is 12.6. The fraction of sp³-hybridized carbons (Fsp3) is 0.464. The molecule has 35 heavy (non-hydrogen) atoms. The highest BCUT2D eigenvalue weighted by atomic mass is 16.5. The van der Waals surface area contributed by atoms with Crippen molar-refractivity contribution in [3.05, 3.63) is 59.7 Å². The second-order valence-electron chi connectivity index (χ2n) is 10.0. The molecule has 0 heterocycles. The molecule has 7 heteroatoms. The molecule has 184 valence electrons. The van der Waals surface area contributed by atoms with Crippen LogP contribution in [0.2, 0.25) is 0 Å². The summed E-state index contributed by atoms with van der Waals surface area (Å²) in [6.45, 7) is 1.77. The highest BCUT2D eigenvalue weighted by molar-refractivity contribution is 5.85. The second kappa shape index (κ2) is 9.72. The van der Waals surface area contributed by atoms with Gasteiger partial charge in [-0.05, 0) is 60.8 Å². The topological polar surface area (TPSA) is 95.9 Å². The first kappa shape index (κ1) is 23.4. The number of ether oxygens (including phenoxy) is 1. The van der Waals surface area contributed by atoms with E-state index >= 15 is 0 Å². The molecule has 2 aromatic rings. The fourth-order valence-electron chi connectivity index (χ4n) is 5.47. The van der Waals surface area contributed by atoms with Gasteiger partial charge in [0.2, 0.25) is 5.91 Å². The predicted molar refractivity (Wildman–Crippen MR) is 131 cm³/mol. The summed E-state index contributed by atoms with van der Waals surface area (Å²) in [6, 6.07) is 15.1. The van der Waals surface area contributed by atoms with E-state index in [1.165, 1.54) is 16.0 Å². The van der Waals surface area contributed by atoms with Gasteiger partial charge in [-0.1, -0.05) is 55.0 Å². The van der Waals surface area contributed by atoms with Crippen molar-refractivity contribution in [1.82, 2.24) is 10.2 Å². The van der Waals surface area contributed by atoms with Crippen molar-refractivity contribution in [3.8, 4) is 11.1 Å². The minimum atomic E-state index is -1.00. The van der Waals surface area contributed by atoms with Crippen LogP contribution in [0.25, 0.3) is 11.1 Å². The number of carbonyl (C=O) groups excluding carboxylic acids is 2. The van der Waals surface area contributed by atoms with Gasteiger partial charge in [0.05, 0.1) is 0 Å². The zero-order valence-electron chi connectivity index (χ0n) is 20.0. The van der Waals surface area contributed by atoms with Gasteiger partial charge in [-0.15, -0.1) is 0 Å². The molecule has 2 atom stereocenters. The average molecular weight is 477 g/mol. The van der Waals surface area contributed by atoms with E-state index in [1.807, 2.05) is 24.3 Å². The molecule has 2 N–H and O–H groups in total. The van der Waals surface area contributed by atoms with Crippen LogP contribution in [-0.4, -0.2) is 52.7 Å². The third-order valence-electron chi connectivity index (χ3n) is 7.76. The number of alkyl carbamates (subject to hydrolysis) is 1. The molecule has 0 radical (unpaired) electrons. The maximum absolute atomic E-state index is 13.1. The summed E-state index contributed by atoms with van der Waals surface area (Å²) in [4.78, 5) is 39.0. The van der Waals surface area contributed by atoms with Crippen molar-refractivity contribution in [1.29, 1.82) is 0 Å². The Kier molecular flexibility index (Phi) is 6.50. The summed E-state index contributed by atoms with van der Waals surface area (Å²) >= 11 is 0. The molecule has 0 aromatic heterocycles. The number of nitrogens with zero attached hydrogens (tertiary/aromatic N) is 1. The smallest absolute Gasteiger partial charge is 0.407 e. The van der Waals surface area contributed by atoms with E-state index in [0.717, 1.165) is 43.2 Å². The fourth-order valence-corrected chi connectivity index (χ4v) is 5.47. The highest BCUT2D eigenvalue weighted by Crippen LogP contribution is 2.44. The number of carboxylic acid groups (broad SMARTS) is 1. The lowest BCUT2D eigenvalue weighted by Crippen LogP contribution is -2.50. The quantitative estimate of drug-likeness (QED) is 0.554. The van der Waals surface area contributed by atoms with Crippen molar-refractivity contribution in [3.63, 3.8) is 0 Å². The van der Waals surface area contributed by atoms with Crippen molar-refractivity contribution >= 4 is 18.0 Å². The van der Waals surface area contributed by atoms with Gasteiger partial charge >= 0.3 is 12.1 Å². The van der Waals surface area contributed by atoms with Crippen LogP contribution in [0.3, 0.4) is 0 Å². The number of benzene rings is 2. The lowest BCUT2D eigenvalue weighted by molar-refractivity contribution is -0.150. The molecule has 0 spiro atoms. The summed E-state index contributed by atoms with van der Waals surface area (Å²) in [7, 11) is 0. The third-order valence-corrected chi connectivity index (χ3v) is 7.76. The summed E-state index contributed by atoms with van der Waals surface area (Å²) in [5.41, 5.74) is 4.63. The van der Waals surface area contributed by atoms with Gasteiger partial charge in [0.1, 0.15) is 12.6 Å². The molecule has 2 saturated carbocycles. The van der Waals surface area contributed by atoms with Gasteiger partial charge in [0.15, 0.2) is 0 Å². The van der Waals surface area contributed by atoms with Gasteiger partial charge in [0, 0.05) is 24.4 Å². The number of carboxylic acids is 1. The lowest BCUT2D eigenvalue weighted by atomic mass is 9.78. The Bertz CT molecular complexity index is 1080. The van der Waals surface area contributed by atoms with Gasteiger partial charge in [-0.3, -0.25) is 4.79 Å². The number of hydrogen-bond donors (Lipinski definition) is 2. The third kappa shape index (κ3) is 4.77. The molecule has 0 bridgehead atoms. The van der Waals surface area contributed by atoms with Crippen LogP contribution in [0.15, 0.2) is 48.5 Å². The summed E-state index contributed by atoms with van der Waals surface area (Å²) in [5, 5.41) is 12.4. The summed E-state index contributed by atoms with van der Waals surface area (Å²) in [6.07, 6.45) is 4.19. The van der Waals surface area contributed by atoms with Crippen molar-refractivity contribution in [2.75, 3.05) is 6.61 Å². The van der Waals surface area contributed by atoms with Crippen LogP contribution in [0, 0.1) is 5.92 Å². The molecular formula is C28H32N2O5. The Hall–Kier alpha value is -3.35. The molecule has 5 rings (SSSR count). The largest absolute Gasteiger partial charge is 0.480 e. The van der Waals surface area contributed by atoms with Crippen LogP contribution >= 0.6 is 0 Å². The number of amides is 2. The summed E-state index contributed by atoms with van der Waals surface area (Å²) < 4.78 is 5.71. The predicted octanol–water partition coefficient (Wildman–Crippen LogP) is 4.55. The van der Waals surface area contributed by atoms with Gasteiger partial charge in [-0.2, -0.15) is 0 Å². The van der Waals surface area contributed by atoms with E-state index in [4.69, 9.17) is 4.74 Å². The number of fused-ring (bicyclic) bond motifs is 3. The Labute approximate surface area is 205 Å². The average Bonchev–Trinajstić information content (AvgIpc) is 3.58. The zero-order chi connectivity index (χ0) is 24.5. The Morgan fingerprint density at radius 2 is 1.60 bits per heavy atom. The molecular weight excluding hydrogens is 444 g/mol. The van der Waals surface area contributed by atoms with E-state index in [2.05, 4.69) is 29.6 Å². The van der Waals surface area contributed by atoms with Crippen LogP contribution in [0.4, 0.5) is 4.79 Å². The number of aliphatic carboxylic acids is 1. The molecule has 3 aliphatic rings. The van der Waals surface area contributed by atoms with Crippen molar-refractivity contribution < 1.29 is 24.2 Å². The molecule has 2 fully saturated rings. The van der Waals surface area contributed by atoms with Crippen molar-refractivity contribution in [2.45, 2.75) is 69.5 Å². The van der Waals surface area contributed by atoms with E-state index < -0.39 is 18.1 Å². The maximum Gasteiger partial charge on any atom is 0.407 e. The van der Waals surface area contributed by atoms with E-state index in [1.54, 1.807) is 6.92 Å². The van der Waals surface area contributed by atoms with Gasteiger partial charge < -0.3 is 20.1 Å². The monoisotopic (exact) mass is 476 g/mol. The van der Waals surface area contributed by atoms with E-state index in [0.29, 0.717) is 0 Å². The Morgan fingerprint density at radius 1 is 1.00 bits per heavy atom. The minimum Gasteiger partial charge on any atom is -0.480 e. The minimum absolute atomic E-state index is 0.00917. The number of carbonyl (C=O) groups is 3.